The second kappa shape index (κ2) is 10.8. The highest BCUT2D eigenvalue weighted by Gasteiger charge is 2.36. The first kappa shape index (κ1) is 27.7. The van der Waals surface area contributed by atoms with Crippen molar-refractivity contribution in [2.45, 2.75) is 55.2 Å². The van der Waals surface area contributed by atoms with E-state index in [0.717, 1.165) is 5.56 Å². The fourth-order valence-corrected chi connectivity index (χ4v) is 5.95. The molecule has 4 aromatic rings. The van der Waals surface area contributed by atoms with Gasteiger partial charge in [0, 0.05) is 17.6 Å². The summed E-state index contributed by atoms with van der Waals surface area (Å²) in [6, 6.07) is 16.3. The first-order valence-electron chi connectivity index (χ1n) is 12.4. The molecule has 4 rings (SSSR count). The van der Waals surface area contributed by atoms with Crippen molar-refractivity contribution in [3.05, 3.63) is 89.0 Å². The Morgan fingerprint density at radius 1 is 0.921 bits per heavy atom. The summed E-state index contributed by atoms with van der Waals surface area (Å²) >= 11 is 0. The summed E-state index contributed by atoms with van der Waals surface area (Å²) in [6.07, 6.45) is 3.16. The van der Waals surface area contributed by atoms with E-state index >= 15 is 0 Å². The van der Waals surface area contributed by atoms with Gasteiger partial charge in [0.25, 0.3) is 5.56 Å². The van der Waals surface area contributed by atoms with Crippen LogP contribution in [0.4, 0.5) is 0 Å². The summed E-state index contributed by atoms with van der Waals surface area (Å²) in [7, 11) is -5.51. The number of ether oxygens (including phenoxy) is 1. The van der Waals surface area contributed by atoms with Gasteiger partial charge in [-0.3, -0.25) is 4.79 Å². The fraction of sp³-hybridized carbons (Fsp3) is 0.321. The Balaban J connectivity index is 1.43. The van der Waals surface area contributed by atoms with Gasteiger partial charge in [0.2, 0.25) is 15.7 Å². The van der Waals surface area contributed by atoms with Gasteiger partial charge in [-0.2, -0.15) is 5.10 Å². The molecule has 0 N–H and O–H groups in total. The Morgan fingerprint density at radius 2 is 1.66 bits per heavy atom. The predicted molar refractivity (Wildman–Crippen MR) is 150 cm³/mol. The molecule has 0 aliphatic carbocycles. The molecule has 0 aliphatic rings. The molecule has 200 valence electrons. The zero-order chi connectivity index (χ0) is 27.6. The Bertz CT molecular complexity index is 1580. The molecular formula is C28H33N3O5SSi. The van der Waals surface area contributed by atoms with Crippen molar-refractivity contribution in [2.24, 2.45) is 0 Å². The van der Waals surface area contributed by atoms with E-state index in [-0.39, 0.29) is 26.9 Å². The predicted octanol–water partition coefficient (Wildman–Crippen LogP) is 5.07. The standard InChI is InChI=1S/C28H33N3O5SSi/c1-28(2,3)38(4,5)36-16-15-35-26-14-11-21(18-29-26)20-31-27(32)25-13-12-24(17-22(25)19-30-31)37(33,34)23-9-7-6-8-10-23/h6-14,17-19H,15-16,20H2,1-5H3. The second-order valence-electron chi connectivity index (χ2n) is 10.6. The molecule has 0 saturated carbocycles. The van der Waals surface area contributed by atoms with Crippen LogP contribution in [0.2, 0.25) is 18.1 Å². The van der Waals surface area contributed by atoms with Crippen LogP contribution in [-0.2, 0) is 20.8 Å². The van der Waals surface area contributed by atoms with Crippen LogP contribution in [0.1, 0.15) is 26.3 Å². The molecule has 0 saturated heterocycles. The fourth-order valence-electron chi connectivity index (χ4n) is 3.60. The molecule has 0 bridgehead atoms. The molecule has 2 aromatic carbocycles. The highest BCUT2D eigenvalue weighted by atomic mass is 32.2. The topological polar surface area (TPSA) is 100 Å². The van der Waals surface area contributed by atoms with Crippen LogP contribution in [-0.4, -0.2) is 44.7 Å². The largest absolute Gasteiger partial charge is 0.475 e. The van der Waals surface area contributed by atoms with Crippen molar-refractivity contribution >= 4 is 28.9 Å². The van der Waals surface area contributed by atoms with E-state index in [9.17, 15) is 13.2 Å². The maximum Gasteiger partial charge on any atom is 0.274 e. The van der Waals surface area contributed by atoms with E-state index in [1.165, 1.54) is 29.1 Å². The molecule has 0 radical (unpaired) electrons. The number of hydrogen-bond donors (Lipinski definition) is 0. The van der Waals surface area contributed by atoms with Crippen molar-refractivity contribution in [3.63, 3.8) is 0 Å². The third-order valence-electron chi connectivity index (χ3n) is 6.92. The highest BCUT2D eigenvalue weighted by molar-refractivity contribution is 7.91. The molecule has 10 heteroatoms. The van der Waals surface area contributed by atoms with Crippen LogP contribution in [0.25, 0.3) is 10.8 Å². The number of fused-ring (bicyclic) bond motifs is 1. The lowest BCUT2D eigenvalue weighted by Crippen LogP contribution is -2.41. The molecule has 0 atom stereocenters. The number of aromatic nitrogens is 3. The Hall–Kier alpha value is -3.34. The lowest BCUT2D eigenvalue weighted by molar-refractivity contribution is 0.199. The van der Waals surface area contributed by atoms with Crippen molar-refractivity contribution in [3.8, 4) is 5.88 Å². The van der Waals surface area contributed by atoms with Gasteiger partial charge < -0.3 is 9.16 Å². The number of rotatable bonds is 9. The molecule has 0 unspecified atom stereocenters. The van der Waals surface area contributed by atoms with Gasteiger partial charge >= 0.3 is 0 Å². The van der Waals surface area contributed by atoms with Gasteiger partial charge in [-0.15, -0.1) is 0 Å². The summed E-state index contributed by atoms with van der Waals surface area (Å²) in [6.45, 7) is 12.1. The summed E-state index contributed by atoms with van der Waals surface area (Å²) in [5, 5.41) is 5.26. The monoisotopic (exact) mass is 551 g/mol. The maximum absolute atomic E-state index is 13.1. The Kier molecular flexibility index (Phi) is 7.87. The molecular weight excluding hydrogens is 518 g/mol. The summed E-state index contributed by atoms with van der Waals surface area (Å²) in [4.78, 5) is 17.7. The first-order chi connectivity index (χ1) is 17.9. The molecule has 38 heavy (non-hydrogen) atoms. The third-order valence-corrected chi connectivity index (χ3v) is 13.2. The average molecular weight is 552 g/mol. The highest BCUT2D eigenvalue weighted by Crippen LogP contribution is 2.36. The van der Waals surface area contributed by atoms with Crippen LogP contribution in [0, 0.1) is 0 Å². The SMILES string of the molecule is CC(C)(C)[Si](C)(C)OCCOc1ccc(Cn2ncc3cc(S(=O)(=O)c4ccccc4)ccc3c2=O)cn1. The minimum absolute atomic E-state index is 0.115. The summed E-state index contributed by atoms with van der Waals surface area (Å²) in [5.41, 5.74) is 0.473. The van der Waals surface area contributed by atoms with E-state index in [1.807, 2.05) is 6.07 Å². The van der Waals surface area contributed by atoms with E-state index in [0.29, 0.717) is 29.9 Å². The van der Waals surface area contributed by atoms with Crippen LogP contribution in [0.15, 0.2) is 87.6 Å². The van der Waals surface area contributed by atoms with Crippen molar-refractivity contribution in [1.82, 2.24) is 14.8 Å². The molecule has 0 amide bonds. The van der Waals surface area contributed by atoms with Gasteiger partial charge in [-0.1, -0.05) is 45.0 Å². The van der Waals surface area contributed by atoms with Crippen molar-refractivity contribution in [2.75, 3.05) is 13.2 Å². The van der Waals surface area contributed by atoms with Gasteiger partial charge in [-0.25, -0.2) is 18.1 Å². The second-order valence-corrected chi connectivity index (χ2v) is 17.4. The molecule has 0 fully saturated rings. The van der Waals surface area contributed by atoms with E-state index in [4.69, 9.17) is 9.16 Å². The quantitative estimate of drug-likeness (QED) is 0.211. The first-order valence-corrected chi connectivity index (χ1v) is 16.8. The number of sulfone groups is 1. The summed E-state index contributed by atoms with van der Waals surface area (Å²) in [5.74, 6) is 0.485. The molecule has 0 spiro atoms. The van der Waals surface area contributed by atoms with Gasteiger partial charge in [0.15, 0.2) is 8.32 Å². The van der Waals surface area contributed by atoms with E-state index < -0.39 is 18.2 Å². The molecule has 0 aliphatic heterocycles. The van der Waals surface area contributed by atoms with Crippen LogP contribution in [0.3, 0.4) is 0 Å². The number of nitrogens with zero attached hydrogens (tertiary/aromatic N) is 3. The van der Waals surface area contributed by atoms with E-state index in [2.05, 4.69) is 43.9 Å². The van der Waals surface area contributed by atoms with Crippen molar-refractivity contribution in [1.29, 1.82) is 0 Å². The zero-order valence-corrected chi connectivity index (χ0v) is 24.2. The van der Waals surface area contributed by atoms with Crippen LogP contribution in [0.5, 0.6) is 5.88 Å². The van der Waals surface area contributed by atoms with Gasteiger partial charge in [-0.05, 0) is 54.0 Å². The average Bonchev–Trinajstić information content (AvgIpc) is 2.89. The number of hydrogen-bond acceptors (Lipinski definition) is 7. The minimum Gasteiger partial charge on any atom is -0.475 e. The summed E-state index contributed by atoms with van der Waals surface area (Å²) < 4.78 is 39.1. The number of benzene rings is 2. The Morgan fingerprint density at radius 3 is 2.32 bits per heavy atom. The zero-order valence-electron chi connectivity index (χ0n) is 22.3. The van der Waals surface area contributed by atoms with Gasteiger partial charge in [0.1, 0.15) is 6.61 Å². The van der Waals surface area contributed by atoms with Crippen LogP contribution >= 0.6 is 0 Å². The van der Waals surface area contributed by atoms with Crippen molar-refractivity contribution < 1.29 is 17.6 Å². The molecule has 8 nitrogen and oxygen atoms in total. The lowest BCUT2D eigenvalue weighted by Gasteiger charge is -2.36. The van der Waals surface area contributed by atoms with Gasteiger partial charge in [0.05, 0.1) is 34.5 Å². The number of pyridine rings is 1. The smallest absolute Gasteiger partial charge is 0.274 e. The third kappa shape index (κ3) is 6.03. The maximum atomic E-state index is 13.1. The Labute approximate surface area is 224 Å². The molecule has 2 heterocycles. The lowest BCUT2D eigenvalue weighted by atomic mass is 10.2. The van der Waals surface area contributed by atoms with Crippen LogP contribution < -0.4 is 10.3 Å². The molecule has 2 aromatic heterocycles. The van der Waals surface area contributed by atoms with E-state index in [1.54, 1.807) is 42.6 Å². The normalized spacial score (nSPS) is 12.6. The minimum atomic E-state index is -3.69.